The minimum atomic E-state index is 0. The summed E-state index contributed by atoms with van der Waals surface area (Å²) in [5.41, 5.74) is 2.39. The summed E-state index contributed by atoms with van der Waals surface area (Å²) in [5.74, 6) is 2.19. The van der Waals surface area contributed by atoms with Gasteiger partial charge in [0, 0.05) is 49.9 Å². The molecule has 0 atom stereocenters. The Kier molecular flexibility index (Phi) is 9.33. The van der Waals surface area contributed by atoms with Gasteiger partial charge in [0.1, 0.15) is 0 Å². The molecule has 0 unspecified atom stereocenters. The molecule has 1 aliphatic rings. The summed E-state index contributed by atoms with van der Waals surface area (Å²) >= 11 is 1.88. The molecule has 1 aromatic carbocycles. The molecule has 1 aliphatic heterocycles. The molecule has 0 spiro atoms. The van der Waals surface area contributed by atoms with Crippen LogP contribution in [0.4, 0.5) is 5.69 Å². The molecular weight excluding hydrogens is 487 g/mol. The fourth-order valence-electron chi connectivity index (χ4n) is 3.17. The first kappa shape index (κ1) is 22.8. The number of fused-ring (bicyclic) bond motifs is 1. The van der Waals surface area contributed by atoms with E-state index in [1.165, 1.54) is 5.56 Å². The van der Waals surface area contributed by atoms with Crippen molar-refractivity contribution in [2.24, 2.45) is 4.99 Å². The number of methoxy groups -OCH3 is 1. The van der Waals surface area contributed by atoms with Crippen molar-refractivity contribution >= 4 is 47.0 Å². The topological polar surface area (TPSA) is 58.1 Å². The van der Waals surface area contributed by atoms with Gasteiger partial charge in [0.25, 0.3) is 0 Å². The standard InChI is InChI=1S/C20H28N4O2S.HI/c1-4-26-18-13-16(5-6-17(18)25-3)23-20(21-2)22-9-11-24-10-7-19-15(14-24)8-12-27-19;/h5-6,8,12-13H,4,7,9-11,14H2,1-3H3,(H2,21,22,23);1H. The molecule has 0 radical (unpaired) electrons. The van der Waals surface area contributed by atoms with Gasteiger partial charge in [0.2, 0.25) is 0 Å². The number of guanidine groups is 1. The number of aliphatic imine (C=N–C) groups is 1. The monoisotopic (exact) mass is 516 g/mol. The highest BCUT2D eigenvalue weighted by atomic mass is 127. The Morgan fingerprint density at radius 1 is 1.29 bits per heavy atom. The smallest absolute Gasteiger partial charge is 0.195 e. The van der Waals surface area contributed by atoms with Crippen LogP contribution in [0.3, 0.4) is 0 Å². The van der Waals surface area contributed by atoms with E-state index in [1.54, 1.807) is 19.0 Å². The zero-order valence-corrected chi connectivity index (χ0v) is 19.8. The van der Waals surface area contributed by atoms with Crippen LogP contribution in [0.1, 0.15) is 17.4 Å². The molecule has 0 saturated carbocycles. The maximum atomic E-state index is 5.64. The van der Waals surface area contributed by atoms with Crippen molar-refractivity contribution in [2.75, 3.05) is 45.7 Å². The number of hydrogen-bond donors (Lipinski definition) is 2. The molecule has 0 fully saturated rings. The lowest BCUT2D eigenvalue weighted by Crippen LogP contribution is -2.39. The van der Waals surface area contributed by atoms with Crippen molar-refractivity contribution in [3.05, 3.63) is 40.1 Å². The molecule has 6 nitrogen and oxygen atoms in total. The number of rotatable bonds is 7. The molecule has 0 bridgehead atoms. The number of nitrogens with one attached hydrogen (secondary N) is 2. The third-order valence-corrected chi connectivity index (χ3v) is 5.58. The average Bonchev–Trinajstić information content (AvgIpc) is 3.15. The van der Waals surface area contributed by atoms with E-state index in [-0.39, 0.29) is 24.0 Å². The maximum absolute atomic E-state index is 5.64. The van der Waals surface area contributed by atoms with Gasteiger partial charge in [0.05, 0.1) is 13.7 Å². The first-order valence-corrected chi connectivity index (χ1v) is 10.2. The van der Waals surface area contributed by atoms with E-state index in [0.717, 1.165) is 55.7 Å². The molecule has 28 heavy (non-hydrogen) atoms. The first-order valence-electron chi connectivity index (χ1n) is 9.29. The van der Waals surface area contributed by atoms with Gasteiger partial charge in [-0.3, -0.25) is 9.89 Å². The zero-order valence-electron chi connectivity index (χ0n) is 16.7. The molecule has 0 saturated heterocycles. The fourth-order valence-corrected chi connectivity index (χ4v) is 4.06. The van der Waals surface area contributed by atoms with Gasteiger partial charge < -0.3 is 20.1 Å². The third-order valence-electron chi connectivity index (χ3n) is 4.56. The highest BCUT2D eigenvalue weighted by Crippen LogP contribution is 2.30. The van der Waals surface area contributed by atoms with Crippen molar-refractivity contribution in [3.8, 4) is 11.5 Å². The summed E-state index contributed by atoms with van der Waals surface area (Å²) in [6, 6.07) is 8.03. The molecule has 154 valence electrons. The summed E-state index contributed by atoms with van der Waals surface area (Å²) in [5, 5.41) is 8.90. The lowest BCUT2D eigenvalue weighted by Gasteiger charge is -2.27. The predicted octanol–water partition coefficient (Wildman–Crippen LogP) is 3.82. The number of nitrogens with zero attached hydrogens (tertiary/aromatic N) is 2. The van der Waals surface area contributed by atoms with Gasteiger partial charge in [-0.25, -0.2) is 0 Å². The van der Waals surface area contributed by atoms with Gasteiger partial charge in [-0.05, 0) is 42.5 Å². The highest BCUT2D eigenvalue weighted by Gasteiger charge is 2.16. The molecule has 2 heterocycles. The van der Waals surface area contributed by atoms with Crippen LogP contribution in [-0.2, 0) is 13.0 Å². The fraction of sp³-hybridized carbons (Fsp3) is 0.450. The normalized spacial score (nSPS) is 14.0. The number of ether oxygens (including phenoxy) is 2. The lowest BCUT2D eigenvalue weighted by atomic mass is 10.1. The second-order valence-corrected chi connectivity index (χ2v) is 7.32. The quantitative estimate of drug-likeness (QED) is 0.333. The lowest BCUT2D eigenvalue weighted by molar-refractivity contribution is 0.260. The van der Waals surface area contributed by atoms with E-state index in [1.807, 2.05) is 36.5 Å². The van der Waals surface area contributed by atoms with Crippen molar-refractivity contribution < 1.29 is 9.47 Å². The minimum absolute atomic E-state index is 0. The van der Waals surface area contributed by atoms with Crippen LogP contribution in [0.15, 0.2) is 34.6 Å². The number of halogens is 1. The summed E-state index contributed by atoms with van der Waals surface area (Å²) in [7, 11) is 3.42. The molecule has 3 rings (SSSR count). The van der Waals surface area contributed by atoms with Gasteiger partial charge in [-0.15, -0.1) is 35.3 Å². The summed E-state index contributed by atoms with van der Waals surface area (Å²) in [6.07, 6.45) is 1.16. The predicted molar refractivity (Wildman–Crippen MR) is 128 cm³/mol. The Labute approximate surface area is 188 Å². The molecule has 0 amide bonds. The van der Waals surface area contributed by atoms with Crippen LogP contribution in [0.25, 0.3) is 0 Å². The van der Waals surface area contributed by atoms with E-state index >= 15 is 0 Å². The Bertz CT molecular complexity index is 781. The van der Waals surface area contributed by atoms with Crippen LogP contribution in [0.2, 0.25) is 0 Å². The van der Waals surface area contributed by atoms with Crippen LogP contribution >= 0.6 is 35.3 Å². The van der Waals surface area contributed by atoms with E-state index < -0.39 is 0 Å². The van der Waals surface area contributed by atoms with Crippen molar-refractivity contribution in [1.29, 1.82) is 0 Å². The molecule has 2 N–H and O–H groups in total. The van der Waals surface area contributed by atoms with E-state index in [0.29, 0.717) is 6.61 Å². The van der Waals surface area contributed by atoms with Gasteiger partial charge in [-0.2, -0.15) is 0 Å². The SMILES string of the molecule is CCOc1cc(NC(=NC)NCCN2CCc3sccc3C2)ccc1OC.I. The third kappa shape index (κ3) is 5.99. The minimum Gasteiger partial charge on any atom is -0.493 e. The molecule has 0 aliphatic carbocycles. The largest absolute Gasteiger partial charge is 0.493 e. The second-order valence-electron chi connectivity index (χ2n) is 6.32. The van der Waals surface area contributed by atoms with Crippen LogP contribution in [-0.4, -0.2) is 51.3 Å². The maximum Gasteiger partial charge on any atom is 0.195 e. The molecule has 2 aromatic rings. The highest BCUT2D eigenvalue weighted by molar-refractivity contribution is 14.0. The first-order chi connectivity index (χ1) is 13.2. The van der Waals surface area contributed by atoms with Crippen LogP contribution in [0, 0.1) is 0 Å². The summed E-state index contributed by atoms with van der Waals surface area (Å²) < 4.78 is 11.0. The van der Waals surface area contributed by atoms with E-state index in [4.69, 9.17) is 9.47 Å². The van der Waals surface area contributed by atoms with Crippen LogP contribution in [0.5, 0.6) is 11.5 Å². The number of hydrogen-bond acceptors (Lipinski definition) is 5. The van der Waals surface area contributed by atoms with Gasteiger partial charge in [-0.1, -0.05) is 0 Å². The average molecular weight is 516 g/mol. The van der Waals surface area contributed by atoms with E-state index in [9.17, 15) is 0 Å². The number of thiophene rings is 1. The van der Waals surface area contributed by atoms with Crippen molar-refractivity contribution in [3.63, 3.8) is 0 Å². The van der Waals surface area contributed by atoms with Crippen molar-refractivity contribution in [2.45, 2.75) is 19.9 Å². The van der Waals surface area contributed by atoms with E-state index in [2.05, 4.69) is 32.0 Å². The Morgan fingerprint density at radius 2 is 2.14 bits per heavy atom. The molecular formula is C20H29IN4O2S. The zero-order chi connectivity index (χ0) is 19.1. The Hall–Kier alpha value is -1.52. The van der Waals surface area contributed by atoms with Crippen molar-refractivity contribution in [1.82, 2.24) is 10.2 Å². The Morgan fingerprint density at radius 3 is 2.89 bits per heavy atom. The summed E-state index contributed by atoms with van der Waals surface area (Å²) in [6.45, 7) is 6.55. The van der Waals surface area contributed by atoms with Gasteiger partial charge >= 0.3 is 0 Å². The Balaban J connectivity index is 0.00000280. The number of benzene rings is 1. The number of anilines is 1. The second kappa shape index (κ2) is 11.5. The molecule has 1 aromatic heterocycles. The molecule has 8 heteroatoms. The summed E-state index contributed by atoms with van der Waals surface area (Å²) in [4.78, 5) is 8.34. The van der Waals surface area contributed by atoms with Gasteiger partial charge in [0.15, 0.2) is 17.5 Å². The van der Waals surface area contributed by atoms with Crippen LogP contribution < -0.4 is 20.1 Å².